The minimum atomic E-state index is -1.14. The van der Waals surface area contributed by atoms with Crippen molar-refractivity contribution in [2.45, 2.75) is 25.3 Å². The van der Waals surface area contributed by atoms with Gasteiger partial charge in [-0.1, -0.05) is 55.5 Å². The van der Waals surface area contributed by atoms with Crippen molar-refractivity contribution in [3.8, 4) is 16.9 Å². The van der Waals surface area contributed by atoms with E-state index in [0.29, 0.717) is 12.1 Å². The van der Waals surface area contributed by atoms with Crippen LogP contribution in [0.4, 0.5) is 10.5 Å². The van der Waals surface area contributed by atoms with Crippen molar-refractivity contribution in [2.75, 3.05) is 19.0 Å². The lowest BCUT2D eigenvalue weighted by molar-refractivity contribution is -0.118. The fourth-order valence-electron chi connectivity index (χ4n) is 4.31. The van der Waals surface area contributed by atoms with Crippen LogP contribution in [0.3, 0.4) is 0 Å². The van der Waals surface area contributed by atoms with Crippen molar-refractivity contribution in [2.24, 2.45) is 0 Å². The number of benzene rings is 3. The van der Waals surface area contributed by atoms with Gasteiger partial charge in [-0.2, -0.15) is 0 Å². The Balaban J connectivity index is 1.39. The molecule has 8 heteroatoms. The van der Waals surface area contributed by atoms with Crippen molar-refractivity contribution < 1.29 is 29.0 Å². The van der Waals surface area contributed by atoms with E-state index < -0.39 is 24.0 Å². The highest BCUT2D eigenvalue weighted by molar-refractivity contribution is 5.98. The number of ether oxygens (including phenoxy) is 2. The van der Waals surface area contributed by atoms with Gasteiger partial charge in [0, 0.05) is 17.7 Å². The number of nitrogens with one attached hydrogen (secondary N) is 2. The van der Waals surface area contributed by atoms with Crippen LogP contribution in [0, 0.1) is 0 Å². The van der Waals surface area contributed by atoms with Crippen LogP contribution < -0.4 is 15.4 Å². The number of carboxylic acids is 1. The van der Waals surface area contributed by atoms with Crippen LogP contribution in [-0.2, 0) is 9.53 Å². The molecule has 0 aromatic heterocycles. The second-order valence-electron chi connectivity index (χ2n) is 8.14. The average Bonchev–Trinajstić information content (AvgIpc) is 3.19. The van der Waals surface area contributed by atoms with Gasteiger partial charge in [0.1, 0.15) is 24.0 Å². The quantitative estimate of drug-likeness (QED) is 0.438. The summed E-state index contributed by atoms with van der Waals surface area (Å²) in [6, 6.07) is 19.5. The van der Waals surface area contributed by atoms with Crippen LogP contribution in [-0.4, -0.2) is 42.8 Å². The second kappa shape index (κ2) is 10.3. The Morgan fingerprint density at radius 3 is 2.17 bits per heavy atom. The Labute approximate surface area is 202 Å². The SMILES string of the molecule is CC[C@H](NC(=O)OCC1c2ccccc2-c2ccccc21)C(=O)Nc1ccc(C(=O)O)c(OC)c1. The van der Waals surface area contributed by atoms with Gasteiger partial charge in [-0.15, -0.1) is 0 Å². The number of amides is 2. The average molecular weight is 475 g/mol. The van der Waals surface area contributed by atoms with E-state index >= 15 is 0 Å². The number of fused-ring (bicyclic) bond motifs is 3. The fourth-order valence-corrected chi connectivity index (χ4v) is 4.31. The normalized spacial score (nSPS) is 12.7. The maximum absolute atomic E-state index is 12.7. The highest BCUT2D eigenvalue weighted by Crippen LogP contribution is 2.44. The van der Waals surface area contributed by atoms with Crippen LogP contribution in [0.15, 0.2) is 66.7 Å². The zero-order chi connectivity index (χ0) is 24.9. The molecule has 0 saturated carbocycles. The minimum Gasteiger partial charge on any atom is -0.496 e. The lowest BCUT2D eigenvalue weighted by atomic mass is 9.98. The Morgan fingerprint density at radius 2 is 1.60 bits per heavy atom. The number of carbonyl (C=O) groups is 3. The van der Waals surface area contributed by atoms with E-state index in [-0.39, 0.29) is 23.8 Å². The second-order valence-corrected chi connectivity index (χ2v) is 8.14. The molecule has 1 aliphatic rings. The van der Waals surface area contributed by atoms with E-state index in [1.807, 2.05) is 36.4 Å². The van der Waals surface area contributed by atoms with Gasteiger partial charge in [0.05, 0.1) is 7.11 Å². The smallest absolute Gasteiger partial charge is 0.407 e. The van der Waals surface area contributed by atoms with E-state index in [1.165, 1.54) is 25.3 Å². The predicted octanol–water partition coefficient (Wildman–Crippen LogP) is 4.65. The van der Waals surface area contributed by atoms with E-state index in [2.05, 4.69) is 22.8 Å². The summed E-state index contributed by atoms with van der Waals surface area (Å²) in [5.74, 6) is -1.55. The van der Waals surface area contributed by atoms with Crippen molar-refractivity contribution in [3.05, 3.63) is 83.4 Å². The molecule has 1 atom stereocenters. The van der Waals surface area contributed by atoms with Gasteiger partial charge >= 0.3 is 12.1 Å². The lowest BCUT2D eigenvalue weighted by Crippen LogP contribution is -2.43. The Bertz CT molecular complexity index is 1230. The van der Waals surface area contributed by atoms with Gasteiger partial charge in [-0.25, -0.2) is 9.59 Å². The van der Waals surface area contributed by atoms with Gasteiger partial charge in [-0.05, 0) is 40.8 Å². The van der Waals surface area contributed by atoms with E-state index in [9.17, 15) is 19.5 Å². The Kier molecular flexibility index (Phi) is 7.01. The number of hydrogen-bond acceptors (Lipinski definition) is 5. The monoisotopic (exact) mass is 474 g/mol. The minimum absolute atomic E-state index is 0.0192. The molecule has 35 heavy (non-hydrogen) atoms. The molecular formula is C27H26N2O6. The summed E-state index contributed by atoms with van der Waals surface area (Å²) in [6.45, 7) is 1.91. The maximum atomic E-state index is 12.7. The molecule has 3 aromatic carbocycles. The topological polar surface area (TPSA) is 114 Å². The standard InChI is InChI=1S/C27H26N2O6/c1-3-23(25(30)28-16-12-13-21(26(31)32)24(14-16)34-2)29-27(33)35-15-22-19-10-6-4-8-17(19)18-9-5-7-11-20(18)22/h4-14,22-23H,3,15H2,1-2H3,(H,28,30)(H,29,33)(H,31,32)/t23-/m0/s1. The van der Waals surface area contributed by atoms with Crippen molar-refractivity contribution in [1.82, 2.24) is 5.32 Å². The molecule has 0 unspecified atom stereocenters. The molecule has 180 valence electrons. The lowest BCUT2D eigenvalue weighted by Gasteiger charge is -2.19. The number of anilines is 1. The highest BCUT2D eigenvalue weighted by Gasteiger charge is 2.29. The highest BCUT2D eigenvalue weighted by atomic mass is 16.5. The summed E-state index contributed by atoms with van der Waals surface area (Å²) < 4.78 is 10.6. The molecular weight excluding hydrogens is 448 g/mol. The Morgan fingerprint density at radius 1 is 0.971 bits per heavy atom. The van der Waals surface area contributed by atoms with E-state index in [0.717, 1.165) is 22.3 Å². The van der Waals surface area contributed by atoms with Gasteiger partial charge in [0.15, 0.2) is 0 Å². The van der Waals surface area contributed by atoms with Crippen LogP contribution in [0.5, 0.6) is 5.75 Å². The van der Waals surface area contributed by atoms with Gasteiger partial charge in [0.2, 0.25) is 5.91 Å². The Hall–Kier alpha value is -4.33. The van der Waals surface area contributed by atoms with Crippen molar-refractivity contribution in [1.29, 1.82) is 0 Å². The predicted molar refractivity (Wildman–Crippen MR) is 131 cm³/mol. The molecule has 0 spiro atoms. The molecule has 0 bridgehead atoms. The van der Waals surface area contributed by atoms with Crippen molar-refractivity contribution in [3.63, 3.8) is 0 Å². The maximum Gasteiger partial charge on any atom is 0.407 e. The summed E-state index contributed by atoms with van der Waals surface area (Å²) in [6.07, 6.45) is -0.354. The molecule has 3 aromatic rings. The first-order chi connectivity index (χ1) is 16.9. The first-order valence-electron chi connectivity index (χ1n) is 11.3. The van der Waals surface area contributed by atoms with Crippen molar-refractivity contribution >= 4 is 23.7 Å². The van der Waals surface area contributed by atoms with Crippen LogP contribution in [0.2, 0.25) is 0 Å². The number of carbonyl (C=O) groups excluding carboxylic acids is 2. The molecule has 0 saturated heterocycles. The summed E-state index contributed by atoms with van der Waals surface area (Å²) in [4.78, 5) is 36.6. The zero-order valence-corrected chi connectivity index (χ0v) is 19.4. The fraction of sp³-hybridized carbons (Fsp3) is 0.222. The third-order valence-corrected chi connectivity index (χ3v) is 6.06. The number of rotatable bonds is 8. The van der Waals surface area contributed by atoms with E-state index in [4.69, 9.17) is 9.47 Å². The molecule has 0 fully saturated rings. The molecule has 1 aliphatic carbocycles. The van der Waals surface area contributed by atoms with Crippen LogP contribution in [0.1, 0.15) is 40.7 Å². The molecule has 2 amide bonds. The molecule has 0 radical (unpaired) electrons. The van der Waals surface area contributed by atoms with Crippen LogP contribution >= 0.6 is 0 Å². The number of carboxylic acid groups (broad SMARTS) is 1. The molecule has 0 heterocycles. The van der Waals surface area contributed by atoms with E-state index in [1.54, 1.807) is 6.92 Å². The van der Waals surface area contributed by atoms with Gasteiger partial charge < -0.3 is 25.2 Å². The number of hydrogen-bond donors (Lipinski definition) is 3. The molecule has 4 rings (SSSR count). The largest absolute Gasteiger partial charge is 0.496 e. The molecule has 0 aliphatic heterocycles. The van der Waals surface area contributed by atoms with Gasteiger partial charge in [-0.3, -0.25) is 4.79 Å². The summed E-state index contributed by atoms with van der Waals surface area (Å²) in [7, 11) is 1.35. The molecule has 3 N–H and O–H groups in total. The number of aromatic carboxylic acids is 1. The summed E-state index contributed by atoms with van der Waals surface area (Å²) in [5, 5.41) is 14.5. The van der Waals surface area contributed by atoms with Gasteiger partial charge in [0.25, 0.3) is 0 Å². The zero-order valence-electron chi connectivity index (χ0n) is 19.4. The first-order valence-corrected chi connectivity index (χ1v) is 11.3. The molecule has 8 nitrogen and oxygen atoms in total. The number of methoxy groups -OCH3 is 1. The summed E-state index contributed by atoms with van der Waals surface area (Å²) in [5.41, 5.74) is 4.80. The number of alkyl carbamates (subject to hydrolysis) is 1. The third-order valence-electron chi connectivity index (χ3n) is 6.06. The van der Waals surface area contributed by atoms with Crippen LogP contribution in [0.25, 0.3) is 11.1 Å². The first kappa shape index (κ1) is 23.8. The third kappa shape index (κ3) is 4.96. The summed E-state index contributed by atoms with van der Waals surface area (Å²) >= 11 is 0.